The molecule has 0 saturated carbocycles. The predicted octanol–water partition coefficient (Wildman–Crippen LogP) is 1.37. The Hall–Kier alpha value is -2.80. The van der Waals surface area contributed by atoms with Gasteiger partial charge in [-0.3, -0.25) is 4.57 Å². The van der Waals surface area contributed by atoms with Crippen molar-refractivity contribution in [2.45, 2.75) is 25.0 Å². The topological polar surface area (TPSA) is 75.3 Å². The van der Waals surface area contributed by atoms with Crippen LogP contribution in [0.4, 0.5) is 0 Å². The molecular formula is C18H18N5O2+. The highest BCUT2D eigenvalue weighted by atomic mass is 16.5. The molecule has 7 nitrogen and oxygen atoms in total. The average Bonchev–Trinajstić information content (AvgIpc) is 3.22. The van der Waals surface area contributed by atoms with Crippen LogP contribution >= 0.6 is 0 Å². The van der Waals surface area contributed by atoms with Gasteiger partial charge in [-0.25, -0.2) is 14.8 Å². The monoisotopic (exact) mass is 336 g/mol. The zero-order valence-corrected chi connectivity index (χ0v) is 13.6. The van der Waals surface area contributed by atoms with Crippen molar-refractivity contribution in [2.24, 2.45) is 4.99 Å². The number of aromatic amines is 1. The first kappa shape index (κ1) is 14.5. The van der Waals surface area contributed by atoms with E-state index in [-0.39, 0.29) is 17.9 Å². The molecule has 1 saturated heterocycles. The summed E-state index contributed by atoms with van der Waals surface area (Å²) in [6.07, 6.45) is 13.3. The molecule has 7 heteroatoms. The lowest BCUT2D eigenvalue weighted by molar-refractivity contribution is -0.480. The van der Waals surface area contributed by atoms with E-state index < -0.39 is 0 Å². The van der Waals surface area contributed by atoms with Gasteiger partial charge < -0.3 is 9.72 Å². The van der Waals surface area contributed by atoms with Gasteiger partial charge in [0.05, 0.1) is 17.2 Å². The highest BCUT2D eigenvalue weighted by Gasteiger charge is 2.30. The standard InChI is InChI=1S/C18H17N5O2/c24-18-21-14-10-19-13(16-11-20-17-3-1-2-6-22(16)17)9-15(14)23(18)12-4-7-25-8-5-12/h1-3,6,9-12,17H,4-5,7-8H2/p+1. The maximum absolute atomic E-state index is 12.5. The largest absolute Gasteiger partial charge is 0.381 e. The van der Waals surface area contributed by atoms with Crippen LogP contribution < -0.4 is 5.69 Å². The van der Waals surface area contributed by atoms with Crippen LogP contribution in [0.1, 0.15) is 24.6 Å². The summed E-state index contributed by atoms with van der Waals surface area (Å²) in [5, 5.41) is 0. The summed E-state index contributed by atoms with van der Waals surface area (Å²) in [5.74, 6) is 0. The molecule has 1 fully saturated rings. The minimum absolute atomic E-state index is 0.00130. The van der Waals surface area contributed by atoms with Crippen LogP contribution in [0.15, 0.2) is 46.5 Å². The number of pyridine rings is 1. The van der Waals surface area contributed by atoms with Gasteiger partial charge in [-0.1, -0.05) is 6.08 Å². The Balaban J connectivity index is 1.64. The summed E-state index contributed by atoms with van der Waals surface area (Å²) in [7, 11) is 0. The van der Waals surface area contributed by atoms with Crippen molar-refractivity contribution in [3.63, 3.8) is 0 Å². The third-order valence-corrected chi connectivity index (χ3v) is 4.97. The molecule has 0 spiro atoms. The van der Waals surface area contributed by atoms with Gasteiger partial charge in [-0.15, -0.1) is 0 Å². The second-order valence-electron chi connectivity index (χ2n) is 6.44. The fourth-order valence-corrected chi connectivity index (χ4v) is 3.71. The number of fused-ring (bicyclic) bond motifs is 2. The lowest BCUT2D eigenvalue weighted by Crippen LogP contribution is -2.27. The number of hydrogen-bond donors (Lipinski definition) is 1. The van der Waals surface area contributed by atoms with Crippen molar-refractivity contribution in [3.8, 4) is 0 Å². The molecule has 126 valence electrons. The minimum atomic E-state index is -0.0791. The van der Waals surface area contributed by atoms with E-state index in [0.29, 0.717) is 13.2 Å². The van der Waals surface area contributed by atoms with E-state index in [1.54, 1.807) is 6.20 Å². The van der Waals surface area contributed by atoms with E-state index in [1.165, 1.54) is 0 Å². The number of ether oxygens (including phenoxy) is 1. The Morgan fingerprint density at radius 3 is 3.04 bits per heavy atom. The van der Waals surface area contributed by atoms with E-state index in [1.807, 2.05) is 41.3 Å². The molecule has 0 radical (unpaired) electrons. The highest BCUT2D eigenvalue weighted by molar-refractivity contribution is 6.36. The van der Waals surface area contributed by atoms with Gasteiger partial charge >= 0.3 is 5.69 Å². The molecule has 1 unspecified atom stereocenters. The lowest BCUT2D eigenvalue weighted by atomic mass is 10.1. The smallest absolute Gasteiger partial charge is 0.326 e. The SMILES string of the molecule is O=c1[nH]c2cnc(C3=[N+]4C=CC=CC4N=C3)cc2n1C1CCOCC1. The summed E-state index contributed by atoms with van der Waals surface area (Å²) in [6, 6.07) is 2.15. The van der Waals surface area contributed by atoms with E-state index in [9.17, 15) is 4.79 Å². The third kappa shape index (κ3) is 2.31. The van der Waals surface area contributed by atoms with E-state index >= 15 is 0 Å². The first-order chi connectivity index (χ1) is 12.3. The summed E-state index contributed by atoms with van der Waals surface area (Å²) in [6.45, 7) is 1.39. The number of imidazole rings is 1. The zero-order valence-electron chi connectivity index (χ0n) is 13.6. The number of allylic oxidation sites excluding steroid dienone is 2. The Bertz CT molecular complexity index is 1020. The molecule has 5 rings (SSSR count). The number of hydrogen-bond acceptors (Lipinski definition) is 4. The molecule has 5 heterocycles. The summed E-state index contributed by atoms with van der Waals surface area (Å²) in [5.41, 5.74) is 3.34. The fraction of sp³-hybridized carbons (Fsp3) is 0.333. The minimum Gasteiger partial charge on any atom is -0.381 e. The number of nitrogens with one attached hydrogen (secondary N) is 1. The van der Waals surface area contributed by atoms with Crippen LogP contribution in [0.25, 0.3) is 11.0 Å². The molecule has 3 aliphatic heterocycles. The number of nitrogens with zero attached hydrogens (tertiary/aromatic N) is 4. The lowest BCUT2D eigenvalue weighted by Gasteiger charge is -2.23. The molecule has 2 aromatic heterocycles. The van der Waals surface area contributed by atoms with Crippen molar-refractivity contribution in [2.75, 3.05) is 13.2 Å². The van der Waals surface area contributed by atoms with Crippen molar-refractivity contribution in [1.29, 1.82) is 0 Å². The first-order valence-electron chi connectivity index (χ1n) is 8.53. The van der Waals surface area contributed by atoms with Crippen LogP contribution in [0.5, 0.6) is 0 Å². The maximum Gasteiger partial charge on any atom is 0.326 e. The number of aromatic nitrogens is 3. The van der Waals surface area contributed by atoms with E-state index in [0.717, 1.165) is 35.3 Å². The van der Waals surface area contributed by atoms with Gasteiger partial charge in [0, 0.05) is 31.4 Å². The van der Waals surface area contributed by atoms with Crippen LogP contribution in [0.3, 0.4) is 0 Å². The van der Waals surface area contributed by atoms with Gasteiger partial charge in [0.1, 0.15) is 11.9 Å². The molecule has 0 amide bonds. The molecular weight excluding hydrogens is 318 g/mol. The molecule has 25 heavy (non-hydrogen) atoms. The van der Waals surface area contributed by atoms with Crippen LogP contribution in [0.2, 0.25) is 0 Å². The van der Waals surface area contributed by atoms with Crippen LogP contribution in [-0.2, 0) is 4.74 Å². The Morgan fingerprint density at radius 2 is 2.16 bits per heavy atom. The van der Waals surface area contributed by atoms with Gasteiger partial charge in [0.2, 0.25) is 0 Å². The van der Waals surface area contributed by atoms with Crippen molar-refractivity contribution in [1.82, 2.24) is 14.5 Å². The van der Waals surface area contributed by atoms with E-state index in [2.05, 4.69) is 19.5 Å². The zero-order chi connectivity index (χ0) is 16.8. The molecule has 3 aliphatic rings. The summed E-state index contributed by atoms with van der Waals surface area (Å²) < 4.78 is 9.38. The number of rotatable bonds is 2. The second-order valence-corrected chi connectivity index (χ2v) is 6.44. The summed E-state index contributed by atoms with van der Waals surface area (Å²) >= 11 is 0. The van der Waals surface area contributed by atoms with Crippen LogP contribution in [0, 0.1) is 0 Å². The van der Waals surface area contributed by atoms with Crippen molar-refractivity contribution >= 4 is 23.0 Å². The molecule has 0 bridgehead atoms. The fourth-order valence-electron chi connectivity index (χ4n) is 3.71. The summed E-state index contributed by atoms with van der Waals surface area (Å²) in [4.78, 5) is 24.4. The number of aliphatic imine (C=N–C) groups is 1. The quantitative estimate of drug-likeness (QED) is 0.842. The van der Waals surface area contributed by atoms with E-state index in [4.69, 9.17) is 4.74 Å². The van der Waals surface area contributed by atoms with Gasteiger partial charge in [0.25, 0.3) is 11.9 Å². The molecule has 1 atom stereocenters. The van der Waals surface area contributed by atoms with Crippen molar-refractivity contribution in [3.05, 3.63) is 52.9 Å². The molecule has 0 aromatic carbocycles. The van der Waals surface area contributed by atoms with Crippen LogP contribution in [-0.4, -0.2) is 50.4 Å². The maximum atomic E-state index is 12.5. The normalized spacial score (nSPS) is 23.0. The average molecular weight is 336 g/mol. The molecule has 2 aromatic rings. The second kappa shape index (κ2) is 5.63. The Kier molecular flexibility index (Phi) is 3.27. The third-order valence-electron chi connectivity index (χ3n) is 4.97. The number of H-pyrrole nitrogens is 1. The van der Waals surface area contributed by atoms with Gasteiger partial charge in [0.15, 0.2) is 6.20 Å². The Morgan fingerprint density at radius 1 is 1.28 bits per heavy atom. The predicted molar refractivity (Wildman–Crippen MR) is 94.4 cm³/mol. The van der Waals surface area contributed by atoms with Gasteiger partial charge in [-0.05, 0) is 18.9 Å². The first-order valence-corrected chi connectivity index (χ1v) is 8.53. The van der Waals surface area contributed by atoms with Gasteiger partial charge in [-0.2, -0.15) is 4.58 Å². The highest BCUT2D eigenvalue weighted by Crippen LogP contribution is 2.24. The molecule has 1 N–H and O–H groups in total. The molecule has 0 aliphatic carbocycles. The van der Waals surface area contributed by atoms with Crippen molar-refractivity contribution < 1.29 is 9.31 Å². The Labute approximate surface area is 143 Å².